The number of hydrogen-bond acceptors (Lipinski definition) is 1. The summed E-state index contributed by atoms with van der Waals surface area (Å²) in [5, 5.41) is 11.6. The lowest BCUT2D eigenvalue weighted by molar-refractivity contribution is -0.266. The predicted molar refractivity (Wildman–Crippen MR) is 107 cm³/mol. The van der Waals surface area contributed by atoms with Crippen LogP contribution in [0.25, 0.3) is 10.9 Å². The summed E-state index contributed by atoms with van der Waals surface area (Å²) in [7, 11) is 0. The van der Waals surface area contributed by atoms with Crippen molar-refractivity contribution in [3.05, 3.63) is 70.7 Å². The number of H-pyrrole nitrogens is 1. The van der Waals surface area contributed by atoms with E-state index >= 15 is 0 Å². The van der Waals surface area contributed by atoms with Crippen molar-refractivity contribution in [3.63, 3.8) is 0 Å². The van der Waals surface area contributed by atoms with Gasteiger partial charge in [0.15, 0.2) is 5.60 Å². The summed E-state index contributed by atoms with van der Waals surface area (Å²) < 4.78 is 55.8. The minimum atomic E-state index is -4.85. The van der Waals surface area contributed by atoms with Gasteiger partial charge in [0.2, 0.25) is 0 Å². The molecular formula is C23H25F4NO. The van der Waals surface area contributed by atoms with Crippen LogP contribution in [0.3, 0.4) is 0 Å². The largest absolute Gasteiger partial charge is 0.417 e. The number of rotatable bonds is 5. The molecule has 1 atom stereocenters. The van der Waals surface area contributed by atoms with Crippen LogP contribution in [-0.2, 0) is 11.8 Å². The van der Waals surface area contributed by atoms with Gasteiger partial charge in [0, 0.05) is 23.0 Å². The van der Waals surface area contributed by atoms with E-state index in [1.54, 1.807) is 39.0 Å². The minimum absolute atomic E-state index is 0.306. The average molecular weight is 407 g/mol. The highest BCUT2D eigenvalue weighted by Gasteiger charge is 2.56. The van der Waals surface area contributed by atoms with Crippen molar-refractivity contribution in [3.8, 4) is 0 Å². The fraction of sp³-hybridized carbons (Fsp3) is 0.391. The van der Waals surface area contributed by atoms with Gasteiger partial charge in [-0.2, -0.15) is 13.2 Å². The number of halogens is 4. The summed E-state index contributed by atoms with van der Waals surface area (Å²) in [5.74, 6) is -0.514. The Morgan fingerprint density at radius 3 is 2.28 bits per heavy atom. The zero-order valence-electron chi connectivity index (χ0n) is 16.9. The molecular weight excluding hydrogens is 382 g/mol. The van der Waals surface area contributed by atoms with E-state index in [0.717, 1.165) is 16.5 Å². The van der Waals surface area contributed by atoms with Crippen molar-refractivity contribution in [2.75, 3.05) is 0 Å². The Kier molecular flexibility index (Phi) is 5.28. The van der Waals surface area contributed by atoms with Crippen LogP contribution in [0, 0.1) is 19.7 Å². The first-order valence-corrected chi connectivity index (χ1v) is 9.45. The van der Waals surface area contributed by atoms with Crippen molar-refractivity contribution in [2.45, 2.75) is 57.7 Å². The zero-order chi connectivity index (χ0) is 21.6. The zero-order valence-corrected chi connectivity index (χ0v) is 16.9. The third kappa shape index (κ3) is 4.17. The second-order valence-electron chi connectivity index (χ2n) is 8.56. The highest BCUT2D eigenvalue weighted by molar-refractivity contribution is 5.83. The van der Waals surface area contributed by atoms with Gasteiger partial charge in [-0.05, 0) is 66.6 Å². The summed E-state index contributed by atoms with van der Waals surface area (Å²) in [6.07, 6.45) is -6.05. The lowest BCUT2D eigenvalue weighted by Crippen LogP contribution is -2.51. The molecule has 2 N–H and O–H groups in total. The molecule has 0 amide bonds. The maximum absolute atomic E-state index is 14.0. The van der Waals surface area contributed by atoms with Crippen LogP contribution in [0.5, 0.6) is 0 Å². The number of alkyl halides is 3. The van der Waals surface area contributed by atoms with Crippen LogP contribution in [0.2, 0.25) is 0 Å². The van der Waals surface area contributed by atoms with Crippen LogP contribution in [-0.4, -0.2) is 21.9 Å². The molecule has 3 rings (SSSR count). The maximum Gasteiger partial charge on any atom is 0.417 e. The summed E-state index contributed by atoms with van der Waals surface area (Å²) in [6, 6.07) is 11.2. The topological polar surface area (TPSA) is 36.0 Å². The molecule has 1 unspecified atom stereocenters. The fourth-order valence-electron chi connectivity index (χ4n) is 4.19. The molecule has 0 bridgehead atoms. The molecule has 0 aliphatic carbocycles. The number of aromatic nitrogens is 1. The Labute approximate surface area is 167 Å². The van der Waals surface area contributed by atoms with Gasteiger partial charge in [-0.1, -0.05) is 32.0 Å². The predicted octanol–water partition coefficient (Wildman–Crippen LogP) is 6.13. The summed E-state index contributed by atoms with van der Waals surface area (Å²) in [4.78, 5) is 2.99. The van der Waals surface area contributed by atoms with Crippen molar-refractivity contribution < 1.29 is 22.7 Å². The molecule has 3 aromatic rings. The quantitative estimate of drug-likeness (QED) is 0.491. The number of nitrogens with one attached hydrogen (secondary N) is 1. The number of aryl methyl sites for hydroxylation is 2. The molecule has 0 saturated heterocycles. The van der Waals surface area contributed by atoms with Crippen molar-refractivity contribution in [2.24, 2.45) is 0 Å². The molecule has 0 aliphatic rings. The highest BCUT2D eigenvalue weighted by atomic mass is 19.4. The number of aromatic amines is 1. The van der Waals surface area contributed by atoms with E-state index in [1.807, 2.05) is 19.1 Å². The van der Waals surface area contributed by atoms with E-state index in [9.17, 15) is 22.7 Å². The first-order chi connectivity index (χ1) is 13.3. The van der Waals surface area contributed by atoms with Gasteiger partial charge in [-0.25, -0.2) is 4.39 Å². The van der Waals surface area contributed by atoms with Crippen molar-refractivity contribution >= 4 is 10.9 Å². The lowest BCUT2D eigenvalue weighted by Gasteiger charge is -2.38. The maximum atomic E-state index is 14.0. The standard InChI is InChI=1S/C23H25F4NO/c1-14-6-5-7-20-18(14)11-17(28-20)12-22(29,23(25,26)27)13-21(3,4)19-10-16(24)9-8-15(19)2/h5-11,28-29H,12-13H2,1-4H3. The molecule has 2 aromatic carbocycles. The summed E-state index contributed by atoms with van der Waals surface area (Å²) in [6.45, 7) is 6.80. The van der Waals surface area contributed by atoms with Crippen LogP contribution in [0.4, 0.5) is 17.6 Å². The smallest absolute Gasteiger partial charge is 0.380 e. The Bertz CT molecular complexity index is 1040. The van der Waals surface area contributed by atoms with Gasteiger partial charge in [-0.3, -0.25) is 0 Å². The molecule has 0 saturated carbocycles. The molecule has 0 aliphatic heterocycles. The van der Waals surface area contributed by atoms with E-state index in [2.05, 4.69) is 4.98 Å². The minimum Gasteiger partial charge on any atom is -0.380 e. The van der Waals surface area contributed by atoms with Gasteiger partial charge in [0.25, 0.3) is 0 Å². The highest BCUT2D eigenvalue weighted by Crippen LogP contribution is 2.44. The Balaban J connectivity index is 2.00. The molecule has 6 heteroatoms. The van der Waals surface area contributed by atoms with Gasteiger partial charge >= 0.3 is 6.18 Å². The number of benzene rings is 2. The summed E-state index contributed by atoms with van der Waals surface area (Å²) >= 11 is 0. The van der Waals surface area contributed by atoms with E-state index < -0.39 is 35.9 Å². The Morgan fingerprint density at radius 1 is 0.966 bits per heavy atom. The van der Waals surface area contributed by atoms with Gasteiger partial charge < -0.3 is 10.1 Å². The SMILES string of the molecule is Cc1ccc(F)cc1C(C)(C)CC(O)(Cc1cc2c(C)cccc2[nH]1)C(F)(F)F. The van der Waals surface area contributed by atoms with E-state index in [-0.39, 0.29) is 0 Å². The molecule has 1 aromatic heterocycles. The van der Waals surface area contributed by atoms with Crippen LogP contribution < -0.4 is 0 Å². The lowest BCUT2D eigenvalue weighted by atomic mass is 9.72. The third-order valence-corrected chi connectivity index (χ3v) is 5.61. The first kappa shape index (κ1) is 21.4. The first-order valence-electron chi connectivity index (χ1n) is 9.45. The van der Waals surface area contributed by atoms with Crippen molar-refractivity contribution in [1.82, 2.24) is 4.98 Å². The normalized spacial score (nSPS) is 14.9. The second kappa shape index (κ2) is 7.17. The summed E-state index contributed by atoms with van der Waals surface area (Å²) in [5.41, 5.74) is -0.959. The van der Waals surface area contributed by atoms with Gasteiger partial charge in [-0.15, -0.1) is 0 Å². The average Bonchev–Trinajstić information content (AvgIpc) is 2.99. The van der Waals surface area contributed by atoms with Crippen LogP contribution in [0.15, 0.2) is 42.5 Å². The fourth-order valence-corrected chi connectivity index (χ4v) is 4.19. The Morgan fingerprint density at radius 2 is 1.66 bits per heavy atom. The van der Waals surface area contributed by atoms with Crippen LogP contribution in [0.1, 0.15) is 42.7 Å². The van der Waals surface area contributed by atoms with E-state index in [4.69, 9.17) is 0 Å². The van der Waals surface area contributed by atoms with Crippen LogP contribution >= 0.6 is 0 Å². The number of fused-ring (bicyclic) bond motifs is 1. The molecule has 0 radical (unpaired) electrons. The molecule has 0 spiro atoms. The molecule has 0 fully saturated rings. The second-order valence-corrected chi connectivity index (χ2v) is 8.56. The molecule has 156 valence electrons. The molecule has 1 heterocycles. The number of aliphatic hydroxyl groups is 1. The van der Waals surface area contributed by atoms with Gasteiger partial charge in [0.1, 0.15) is 5.82 Å². The van der Waals surface area contributed by atoms with Crippen molar-refractivity contribution in [1.29, 1.82) is 0 Å². The number of hydrogen-bond donors (Lipinski definition) is 2. The van der Waals surface area contributed by atoms with E-state index in [1.165, 1.54) is 12.1 Å². The van der Waals surface area contributed by atoms with E-state index in [0.29, 0.717) is 16.8 Å². The Hall–Kier alpha value is -2.34. The third-order valence-electron chi connectivity index (χ3n) is 5.61. The monoisotopic (exact) mass is 407 g/mol. The van der Waals surface area contributed by atoms with Gasteiger partial charge in [0.05, 0.1) is 0 Å². The molecule has 2 nitrogen and oxygen atoms in total. The molecule has 29 heavy (non-hydrogen) atoms.